The molecule has 5 aromatic rings. The molecule has 3 heterocycles. The number of nitrogens with zero attached hydrogens (tertiary/aromatic N) is 3. The Kier molecular flexibility index (Phi) is 4.84. The molecule has 0 fully saturated rings. The molecule has 0 N–H and O–H groups in total. The van der Waals surface area contributed by atoms with Gasteiger partial charge in [-0.25, -0.2) is 9.97 Å². The second kappa shape index (κ2) is 7.78. The van der Waals surface area contributed by atoms with Crippen molar-refractivity contribution in [3.63, 3.8) is 0 Å². The Balaban J connectivity index is 1.46. The summed E-state index contributed by atoms with van der Waals surface area (Å²) in [6, 6.07) is 23.9. The summed E-state index contributed by atoms with van der Waals surface area (Å²) in [5, 5.41) is 1.31. The van der Waals surface area contributed by atoms with Gasteiger partial charge in [0.2, 0.25) is 0 Å². The van der Waals surface area contributed by atoms with E-state index in [2.05, 4.69) is 4.98 Å². The van der Waals surface area contributed by atoms with Gasteiger partial charge in [-0.2, -0.15) is 0 Å². The molecule has 0 saturated heterocycles. The van der Waals surface area contributed by atoms with Crippen molar-refractivity contribution in [1.82, 2.24) is 14.4 Å². The molecule has 0 radical (unpaired) electrons. The summed E-state index contributed by atoms with van der Waals surface area (Å²) < 4.78 is 8.10. The summed E-state index contributed by atoms with van der Waals surface area (Å²) in [6.45, 7) is 0. The van der Waals surface area contributed by atoms with Crippen molar-refractivity contribution in [3.8, 4) is 22.6 Å². The maximum absolute atomic E-state index is 6.17. The first-order valence-electron chi connectivity index (χ1n) is 9.14. The highest BCUT2D eigenvalue weighted by molar-refractivity contribution is 7.98. The van der Waals surface area contributed by atoms with E-state index in [-0.39, 0.29) is 0 Å². The van der Waals surface area contributed by atoms with Gasteiger partial charge in [0.1, 0.15) is 11.3 Å². The number of pyridine rings is 1. The lowest BCUT2D eigenvalue weighted by molar-refractivity contribution is 0.466. The number of benzene rings is 2. The Morgan fingerprint density at radius 3 is 2.31 bits per heavy atom. The largest absolute Gasteiger partial charge is 0.431 e. The fourth-order valence-electron chi connectivity index (χ4n) is 3.16. The summed E-state index contributed by atoms with van der Waals surface area (Å²) in [5.41, 5.74) is 4.70. The average molecular weight is 418 g/mol. The van der Waals surface area contributed by atoms with Crippen molar-refractivity contribution in [2.24, 2.45) is 0 Å². The topological polar surface area (TPSA) is 43.3 Å². The van der Waals surface area contributed by atoms with Crippen LogP contribution in [0.1, 0.15) is 5.69 Å². The number of halogens is 1. The second-order valence-corrected chi connectivity index (χ2v) is 7.89. The molecule has 0 aliphatic carbocycles. The highest BCUT2D eigenvalue weighted by Crippen LogP contribution is 2.36. The quantitative estimate of drug-likeness (QED) is 0.302. The Labute approximate surface area is 177 Å². The first kappa shape index (κ1) is 18.0. The number of oxazole rings is 1. The summed E-state index contributed by atoms with van der Waals surface area (Å²) in [7, 11) is 0. The van der Waals surface area contributed by atoms with Crippen LogP contribution in [0.3, 0.4) is 0 Å². The van der Waals surface area contributed by atoms with Gasteiger partial charge >= 0.3 is 0 Å². The van der Waals surface area contributed by atoms with E-state index >= 15 is 0 Å². The molecule has 0 bridgehead atoms. The van der Waals surface area contributed by atoms with Crippen molar-refractivity contribution in [3.05, 3.63) is 95.9 Å². The van der Waals surface area contributed by atoms with Crippen LogP contribution in [0.2, 0.25) is 5.02 Å². The summed E-state index contributed by atoms with van der Waals surface area (Å²) in [4.78, 5) is 9.41. The highest BCUT2D eigenvalue weighted by Gasteiger charge is 2.17. The average Bonchev–Trinajstić information content (AvgIpc) is 3.37. The summed E-state index contributed by atoms with van der Waals surface area (Å²) in [5.74, 6) is 1.43. The van der Waals surface area contributed by atoms with Crippen LogP contribution in [0.5, 0.6) is 0 Å². The molecule has 0 spiro atoms. The number of hydrogen-bond donors (Lipinski definition) is 0. The second-order valence-electron chi connectivity index (χ2n) is 6.52. The van der Waals surface area contributed by atoms with Crippen LogP contribution in [0.4, 0.5) is 0 Å². The molecule has 0 unspecified atom stereocenters. The number of thioether (sulfide) groups is 1. The maximum atomic E-state index is 6.17. The predicted molar refractivity (Wildman–Crippen MR) is 117 cm³/mol. The molecule has 0 aliphatic heterocycles. The Bertz CT molecular complexity index is 1210. The van der Waals surface area contributed by atoms with E-state index in [1.165, 1.54) is 11.8 Å². The minimum Gasteiger partial charge on any atom is -0.431 e. The number of hydrogen-bond acceptors (Lipinski definition) is 4. The van der Waals surface area contributed by atoms with Gasteiger partial charge in [-0.15, -0.1) is 0 Å². The van der Waals surface area contributed by atoms with Crippen LogP contribution in [-0.4, -0.2) is 14.4 Å². The van der Waals surface area contributed by atoms with Crippen molar-refractivity contribution >= 4 is 29.0 Å². The van der Waals surface area contributed by atoms with Crippen molar-refractivity contribution < 1.29 is 4.42 Å². The third-order valence-corrected chi connectivity index (χ3v) is 5.58. The number of rotatable bonds is 5. The lowest BCUT2D eigenvalue weighted by atomic mass is 10.1. The fourth-order valence-corrected chi connectivity index (χ4v) is 4.04. The molecule has 0 aliphatic rings. The third kappa shape index (κ3) is 3.79. The molecule has 0 saturated carbocycles. The van der Waals surface area contributed by atoms with Crippen LogP contribution >= 0.6 is 23.4 Å². The van der Waals surface area contributed by atoms with E-state index < -0.39 is 0 Å². The number of imidazole rings is 1. The van der Waals surface area contributed by atoms with Gasteiger partial charge in [0.25, 0.3) is 5.22 Å². The van der Waals surface area contributed by atoms with E-state index in [0.29, 0.717) is 16.0 Å². The molecule has 0 amide bonds. The molecule has 142 valence electrons. The summed E-state index contributed by atoms with van der Waals surface area (Å²) >= 11 is 7.59. The fraction of sp³-hybridized carbons (Fsp3) is 0.0435. The molecule has 2 aromatic carbocycles. The third-order valence-electron chi connectivity index (χ3n) is 4.50. The summed E-state index contributed by atoms with van der Waals surface area (Å²) in [6.07, 6.45) is 3.83. The van der Waals surface area contributed by atoms with E-state index in [0.717, 1.165) is 33.9 Å². The zero-order valence-corrected chi connectivity index (χ0v) is 16.9. The Morgan fingerprint density at radius 2 is 1.55 bits per heavy atom. The van der Waals surface area contributed by atoms with Crippen LogP contribution in [0.15, 0.2) is 94.8 Å². The molecule has 29 heavy (non-hydrogen) atoms. The monoisotopic (exact) mass is 417 g/mol. The number of fused-ring (bicyclic) bond motifs is 1. The van der Waals surface area contributed by atoms with Crippen LogP contribution in [0.25, 0.3) is 28.2 Å². The van der Waals surface area contributed by atoms with Gasteiger partial charge in [-0.3, -0.25) is 0 Å². The first-order chi connectivity index (χ1) is 14.3. The Hall–Kier alpha value is -3.02. The molecule has 4 nitrogen and oxygen atoms in total. The maximum Gasteiger partial charge on any atom is 0.257 e. The Morgan fingerprint density at radius 1 is 0.828 bits per heavy atom. The lowest BCUT2D eigenvalue weighted by Crippen LogP contribution is -1.82. The molecule has 5 rings (SSSR count). The zero-order chi connectivity index (χ0) is 19.6. The standard InChI is InChI=1S/C23H16ClN3OS/c24-18-11-12-20-25-19(14-27(20)13-18)15-29-23-26-21(16-7-3-1-4-8-16)22(28-23)17-9-5-2-6-10-17/h1-14H,15H2. The zero-order valence-electron chi connectivity index (χ0n) is 15.3. The number of aromatic nitrogens is 3. The van der Waals surface area contributed by atoms with Crippen molar-refractivity contribution in [2.75, 3.05) is 0 Å². The minimum atomic E-state index is 0.623. The van der Waals surface area contributed by atoms with E-state index in [1.54, 1.807) is 0 Å². The van der Waals surface area contributed by atoms with Gasteiger partial charge in [0, 0.05) is 29.3 Å². The van der Waals surface area contributed by atoms with Gasteiger partial charge in [0.05, 0.1) is 10.7 Å². The van der Waals surface area contributed by atoms with Crippen molar-refractivity contribution in [1.29, 1.82) is 0 Å². The van der Waals surface area contributed by atoms with Crippen LogP contribution in [-0.2, 0) is 5.75 Å². The molecule has 3 aromatic heterocycles. The van der Waals surface area contributed by atoms with Gasteiger partial charge < -0.3 is 8.82 Å². The minimum absolute atomic E-state index is 0.623. The lowest BCUT2D eigenvalue weighted by Gasteiger charge is -2.00. The van der Waals surface area contributed by atoms with E-state index in [1.807, 2.05) is 89.6 Å². The van der Waals surface area contributed by atoms with Gasteiger partial charge in [-0.05, 0) is 12.1 Å². The predicted octanol–water partition coefficient (Wildman–Crippen LogP) is 6.60. The SMILES string of the molecule is Clc1ccc2nc(CSc3nc(-c4ccccc4)c(-c4ccccc4)o3)cn2c1. The van der Waals surface area contributed by atoms with Crippen molar-refractivity contribution in [2.45, 2.75) is 11.0 Å². The highest BCUT2D eigenvalue weighted by atomic mass is 35.5. The molecule has 0 atom stereocenters. The smallest absolute Gasteiger partial charge is 0.257 e. The molecule has 6 heteroatoms. The van der Waals surface area contributed by atoms with E-state index in [9.17, 15) is 0 Å². The first-order valence-corrected chi connectivity index (χ1v) is 10.5. The molecular formula is C23H16ClN3OS. The molecular weight excluding hydrogens is 402 g/mol. The van der Waals surface area contributed by atoms with Crippen LogP contribution < -0.4 is 0 Å². The van der Waals surface area contributed by atoms with E-state index in [4.69, 9.17) is 21.0 Å². The van der Waals surface area contributed by atoms with Crippen LogP contribution in [0, 0.1) is 0 Å². The normalized spacial score (nSPS) is 11.2. The van der Waals surface area contributed by atoms with Gasteiger partial charge in [0.15, 0.2) is 5.76 Å². The van der Waals surface area contributed by atoms with Gasteiger partial charge in [-0.1, -0.05) is 84.0 Å².